The van der Waals surface area contributed by atoms with Gasteiger partial charge in [0.25, 0.3) is 0 Å². The fourth-order valence-corrected chi connectivity index (χ4v) is 1.43. The van der Waals surface area contributed by atoms with Crippen molar-refractivity contribution in [1.82, 2.24) is 5.32 Å². The maximum Gasteiger partial charge on any atom is 0.00928 e. The first-order valence-electron chi connectivity index (χ1n) is 4.58. The van der Waals surface area contributed by atoms with Crippen LogP contribution in [0.4, 0.5) is 0 Å². The van der Waals surface area contributed by atoms with Crippen LogP contribution in [0, 0.1) is 5.92 Å². The normalized spacial score (nSPS) is 31.8. The van der Waals surface area contributed by atoms with Crippen molar-refractivity contribution in [1.29, 1.82) is 0 Å². The van der Waals surface area contributed by atoms with E-state index in [2.05, 4.69) is 19.2 Å². The highest BCUT2D eigenvalue weighted by Gasteiger charge is 2.25. The van der Waals surface area contributed by atoms with Gasteiger partial charge in [-0.05, 0) is 31.7 Å². The SMILES string of the molecule is CCCCNC1CCC1C. The molecule has 1 fully saturated rings. The van der Waals surface area contributed by atoms with E-state index in [1.165, 1.54) is 32.2 Å². The summed E-state index contributed by atoms with van der Waals surface area (Å²) < 4.78 is 0. The molecule has 0 aromatic rings. The molecule has 0 spiro atoms. The zero-order valence-electron chi connectivity index (χ0n) is 7.19. The standard InChI is InChI=1S/C9H19N/c1-3-4-7-10-9-6-5-8(9)2/h8-10H,3-7H2,1-2H3. The van der Waals surface area contributed by atoms with E-state index in [0.717, 1.165) is 12.0 Å². The Morgan fingerprint density at radius 2 is 2.20 bits per heavy atom. The summed E-state index contributed by atoms with van der Waals surface area (Å²) >= 11 is 0. The van der Waals surface area contributed by atoms with Gasteiger partial charge in [0.15, 0.2) is 0 Å². The quantitative estimate of drug-likeness (QED) is 0.592. The largest absolute Gasteiger partial charge is 0.314 e. The van der Waals surface area contributed by atoms with Crippen LogP contribution in [-0.4, -0.2) is 12.6 Å². The molecule has 1 rings (SSSR count). The molecule has 0 aromatic carbocycles. The molecule has 0 aliphatic heterocycles. The highest BCUT2D eigenvalue weighted by Crippen LogP contribution is 2.26. The van der Waals surface area contributed by atoms with Gasteiger partial charge in [0, 0.05) is 6.04 Å². The van der Waals surface area contributed by atoms with Crippen LogP contribution in [0.1, 0.15) is 39.5 Å². The number of hydrogen-bond donors (Lipinski definition) is 1. The third kappa shape index (κ3) is 1.98. The molecule has 0 amide bonds. The van der Waals surface area contributed by atoms with Crippen molar-refractivity contribution in [2.75, 3.05) is 6.54 Å². The lowest BCUT2D eigenvalue weighted by atomic mass is 9.81. The van der Waals surface area contributed by atoms with Gasteiger partial charge in [-0.15, -0.1) is 0 Å². The lowest BCUT2D eigenvalue weighted by Crippen LogP contribution is -2.42. The highest BCUT2D eigenvalue weighted by atomic mass is 14.9. The Labute approximate surface area is 64.2 Å². The fourth-order valence-electron chi connectivity index (χ4n) is 1.43. The van der Waals surface area contributed by atoms with Crippen molar-refractivity contribution in [3.63, 3.8) is 0 Å². The third-order valence-electron chi connectivity index (χ3n) is 2.56. The van der Waals surface area contributed by atoms with Crippen molar-refractivity contribution < 1.29 is 0 Å². The summed E-state index contributed by atoms with van der Waals surface area (Å²) in [6.07, 6.45) is 5.49. The van der Waals surface area contributed by atoms with Crippen LogP contribution in [0.3, 0.4) is 0 Å². The maximum absolute atomic E-state index is 3.57. The average molecular weight is 141 g/mol. The summed E-state index contributed by atoms with van der Waals surface area (Å²) in [6.45, 7) is 5.81. The first-order valence-corrected chi connectivity index (χ1v) is 4.58. The van der Waals surface area contributed by atoms with Crippen LogP contribution < -0.4 is 5.32 Å². The minimum atomic E-state index is 0.853. The van der Waals surface area contributed by atoms with Gasteiger partial charge in [-0.3, -0.25) is 0 Å². The van der Waals surface area contributed by atoms with Gasteiger partial charge in [0.1, 0.15) is 0 Å². The number of rotatable bonds is 4. The van der Waals surface area contributed by atoms with E-state index in [4.69, 9.17) is 0 Å². The van der Waals surface area contributed by atoms with Gasteiger partial charge in [-0.25, -0.2) is 0 Å². The molecule has 1 saturated carbocycles. The van der Waals surface area contributed by atoms with E-state index in [9.17, 15) is 0 Å². The Balaban J connectivity index is 1.92. The molecular formula is C9H19N. The van der Waals surface area contributed by atoms with Crippen LogP contribution in [-0.2, 0) is 0 Å². The Bertz CT molecular complexity index is 90.7. The lowest BCUT2D eigenvalue weighted by Gasteiger charge is -2.34. The molecule has 0 bridgehead atoms. The van der Waals surface area contributed by atoms with Crippen molar-refractivity contribution in [2.24, 2.45) is 5.92 Å². The van der Waals surface area contributed by atoms with Gasteiger partial charge in [0.2, 0.25) is 0 Å². The van der Waals surface area contributed by atoms with Crippen LogP contribution in [0.5, 0.6) is 0 Å². The Morgan fingerprint density at radius 1 is 1.40 bits per heavy atom. The van der Waals surface area contributed by atoms with Gasteiger partial charge >= 0.3 is 0 Å². The van der Waals surface area contributed by atoms with Crippen LogP contribution in [0.25, 0.3) is 0 Å². The molecule has 1 nitrogen and oxygen atoms in total. The van der Waals surface area contributed by atoms with Gasteiger partial charge < -0.3 is 5.32 Å². The third-order valence-corrected chi connectivity index (χ3v) is 2.56. The molecule has 1 aliphatic rings. The van der Waals surface area contributed by atoms with Gasteiger partial charge in [0.05, 0.1) is 0 Å². The molecule has 1 N–H and O–H groups in total. The second-order valence-corrected chi connectivity index (χ2v) is 3.47. The van der Waals surface area contributed by atoms with Crippen molar-refractivity contribution in [3.8, 4) is 0 Å². The van der Waals surface area contributed by atoms with E-state index in [-0.39, 0.29) is 0 Å². The van der Waals surface area contributed by atoms with E-state index in [1.807, 2.05) is 0 Å². The fraction of sp³-hybridized carbons (Fsp3) is 1.00. The molecule has 0 radical (unpaired) electrons. The summed E-state index contributed by atoms with van der Waals surface area (Å²) in [4.78, 5) is 0. The second-order valence-electron chi connectivity index (χ2n) is 3.47. The van der Waals surface area contributed by atoms with Crippen LogP contribution in [0.2, 0.25) is 0 Å². The minimum absolute atomic E-state index is 0.853. The second kappa shape index (κ2) is 3.97. The molecule has 0 saturated heterocycles. The van der Waals surface area contributed by atoms with Crippen LogP contribution in [0.15, 0.2) is 0 Å². The summed E-state index contributed by atoms with van der Waals surface area (Å²) in [7, 11) is 0. The Kier molecular flexibility index (Phi) is 3.20. The Hall–Kier alpha value is -0.0400. The van der Waals surface area contributed by atoms with Crippen LogP contribution >= 0.6 is 0 Å². The summed E-state index contributed by atoms with van der Waals surface area (Å²) in [5.41, 5.74) is 0. The Morgan fingerprint density at radius 3 is 2.60 bits per heavy atom. The number of nitrogens with one attached hydrogen (secondary N) is 1. The maximum atomic E-state index is 3.57. The van der Waals surface area contributed by atoms with Gasteiger partial charge in [-0.1, -0.05) is 20.3 Å². The predicted molar refractivity (Wildman–Crippen MR) is 45.1 cm³/mol. The van der Waals surface area contributed by atoms with E-state index < -0.39 is 0 Å². The van der Waals surface area contributed by atoms with Crippen molar-refractivity contribution >= 4 is 0 Å². The first-order chi connectivity index (χ1) is 4.84. The van der Waals surface area contributed by atoms with E-state index in [1.54, 1.807) is 0 Å². The summed E-state index contributed by atoms with van der Waals surface area (Å²) in [5, 5.41) is 3.57. The van der Waals surface area contributed by atoms with E-state index >= 15 is 0 Å². The summed E-state index contributed by atoms with van der Waals surface area (Å²) in [6, 6.07) is 0.853. The molecule has 1 heteroatoms. The highest BCUT2D eigenvalue weighted by molar-refractivity contribution is 4.83. The smallest absolute Gasteiger partial charge is 0.00928 e. The van der Waals surface area contributed by atoms with Crippen molar-refractivity contribution in [2.45, 2.75) is 45.6 Å². The molecular weight excluding hydrogens is 122 g/mol. The summed E-state index contributed by atoms with van der Waals surface area (Å²) in [5.74, 6) is 0.942. The van der Waals surface area contributed by atoms with E-state index in [0.29, 0.717) is 0 Å². The number of hydrogen-bond acceptors (Lipinski definition) is 1. The number of unbranched alkanes of at least 4 members (excludes halogenated alkanes) is 1. The van der Waals surface area contributed by atoms with Crippen molar-refractivity contribution in [3.05, 3.63) is 0 Å². The average Bonchev–Trinajstić information content (AvgIpc) is 1.95. The molecule has 0 aromatic heterocycles. The van der Waals surface area contributed by atoms with Gasteiger partial charge in [-0.2, -0.15) is 0 Å². The molecule has 10 heavy (non-hydrogen) atoms. The molecule has 2 atom stereocenters. The first kappa shape index (κ1) is 8.06. The molecule has 1 aliphatic carbocycles. The minimum Gasteiger partial charge on any atom is -0.314 e. The zero-order valence-corrected chi connectivity index (χ0v) is 7.19. The zero-order chi connectivity index (χ0) is 7.40. The topological polar surface area (TPSA) is 12.0 Å². The monoisotopic (exact) mass is 141 g/mol. The predicted octanol–water partition coefficient (Wildman–Crippen LogP) is 2.17. The molecule has 0 heterocycles. The lowest BCUT2D eigenvalue weighted by molar-refractivity contribution is 0.229. The molecule has 2 unspecified atom stereocenters. The molecule has 60 valence electrons.